The van der Waals surface area contributed by atoms with E-state index in [0.29, 0.717) is 17.2 Å². The van der Waals surface area contributed by atoms with E-state index in [0.717, 1.165) is 16.8 Å². The molecule has 4 rings (SSSR count). The van der Waals surface area contributed by atoms with Gasteiger partial charge in [0.05, 0.1) is 47.9 Å². The summed E-state index contributed by atoms with van der Waals surface area (Å²) in [5.74, 6) is 1.06. The molecule has 31 heavy (non-hydrogen) atoms. The molecule has 0 amide bonds. The zero-order chi connectivity index (χ0) is 22.0. The van der Waals surface area contributed by atoms with Gasteiger partial charge < -0.3 is 19.0 Å². The molecule has 0 bridgehead atoms. The number of nitrogens with zero attached hydrogens (tertiary/aromatic N) is 3. The summed E-state index contributed by atoms with van der Waals surface area (Å²) in [6.45, 7) is 1.60. The van der Waals surface area contributed by atoms with Crippen LogP contribution in [0, 0.1) is 0 Å². The maximum atomic E-state index is 12.2. The first-order chi connectivity index (χ1) is 14.9. The van der Waals surface area contributed by atoms with Crippen LogP contribution in [0.25, 0.3) is 22.6 Å². The molecule has 4 aromatic rings. The van der Waals surface area contributed by atoms with Crippen LogP contribution >= 0.6 is 0 Å². The highest BCUT2D eigenvalue weighted by Crippen LogP contribution is 2.32. The fourth-order valence-corrected chi connectivity index (χ4v) is 4.10. The first kappa shape index (κ1) is 20.7. The Labute approximate surface area is 180 Å². The number of hydrogen-bond acceptors (Lipinski definition) is 7. The van der Waals surface area contributed by atoms with Gasteiger partial charge in [-0.1, -0.05) is 25.1 Å². The van der Waals surface area contributed by atoms with Crippen molar-refractivity contribution in [1.82, 2.24) is 14.5 Å². The molecule has 8 nitrogen and oxygen atoms in total. The van der Waals surface area contributed by atoms with Gasteiger partial charge in [0.25, 0.3) is 6.01 Å². The topological polar surface area (TPSA) is 99.3 Å². The number of aryl methyl sites for hydroxylation is 1. The van der Waals surface area contributed by atoms with Crippen molar-refractivity contribution in [2.45, 2.75) is 11.8 Å². The minimum Gasteiger partial charge on any atom is -0.495 e. The lowest BCUT2D eigenvalue weighted by Gasteiger charge is -2.11. The van der Waals surface area contributed by atoms with Crippen molar-refractivity contribution in [2.75, 3.05) is 18.2 Å². The van der Waals surface area contributed by atoms with E-state index >= 15 is 0 Å². The second kappa shape index (κ2) is 8.27. The molecule has 0 aliphatic carbocycles. The first-order valence-corrected chi connectivity index (χ1v) is 11.3. The average Bonchev–Trinajstić information content (AvgIpc) is 3.43. The number of benzene rings is 2. The van der Waals surface area contributed by atoms with Gasteiger partial charge in [-0.25, -0.2) is 18.4 Å². The van der Waals surface area contributed by atoms with Gasteiger partial charge in [-0.2, -0.15) is 0 Å². The van der Waals surface area contributed by atoms with Crippen LogP contribution in [0.2, 0.25) is 0 Å². The Hall–Kier alpha value is -3.59. The van der Waals surface area contributed by atoms with E-state index in [9.17, 15) is 8.42 Å². The fraction of sp³-hybridized carbons (Fsp3) is 0.182. The van der Waals surface area contributed by atoms with Crippen molar-refractivity contribution in [3.8, 4) is 28.3 Å². The third-order valence-corrected chi connectivity index (χ3v) is 6.65. The summed E-state index contributed by atoms with van der Waals surface area (Å²) in [5, 5.41) is 3.02. The molecule has 0 spiro atoms. The van der Waals surface area contributed by atoms with Gasteiger partial charge in [0.1, 0.15) is 5.75 Å². The number of sulfone groups is 1. The van der Waals surface area contributed by atoms with E-state index in [2.05, 4.69) is 15.3 Å². The molecule has 0 radical (unpaired) electrons. The number of aromatic nitrogens is 3. The van der Waals surface area contributed by atoms with Gasteiger partial charge in [0.2, 0.25) is 0 Å². The number of rotatable bonds is 7. The van der Waals surface area contributed by atoms with Crippen LogP contribution in [0.5, 0.6) is 5.75 Å². The first-order valence-electron chi connectivity index (χ1n) is 9.62. The molecule has 2 aromatic carbocycles. The van der Waals surface area contributed by atoms with E-state index in [1.807, 2.05) is 35.9 Å². The molecule has 0 saturated carbocycles. The van der Waals surface area contributed by atoms with Crippen LogP contribution in [0.15, 0.2) is 70.5 Å². The highest BCUT2D eigenvalue weighted by Gasteiger charge is 2.16. The van der Waals surface area contributed by atoms with Crippen LogP contribution in [-0.2, 0) is 16.9 Å². The van der Waals surface area contributed by atoms with Gasteiger partial charge in [-0.15, -0.1) is 0 Å². The van der Waals surface area contributed by atoms with E-state index < -0.39 is 9.84 Å². The summed E-state index contributed by atoms with van der Waals surface area (Å²) in [4.78, 5) is 8.65. The Morgan fingerprint density at radius 1 is 1.13 bits per heavy atom. The number of ether oxygens (including phenoxy) is 1. The van der Waals surface area contributed by atoms with Gasteiger partial charge >= 0.3 is 0 Å². The monoisotopic (exact) mass is 438 g/mol. The predicted molar refractivity (Wildman–Crippen MR) is 118 cm³/mol. The Kier molecular flexibility index (Phi) is 5.51. The summed E-state index contributed by atoms with van der Waals surface area (Å²) in [6.07, 6.45) is 5.17. The van der Waals surface area contributed by atoms with Crippen molar-refractivity contribution in [2.24, 2.45) is 7.05 Å². The van der Waals surface area contributed by atoms with E-state index in [-0.39, 0.29) is 16.7 Å². The Balaban J connectivity index is 1.64. The molecule has 0 saturated heterocycles. The molecule has 0 unspecified atom stereocenters. The quantitative estimate of drug-likeness (QED) is 0.459. The van der Waals surface area contributed by atoms with Crippen LogP contribution in [0.3, 0.4) is 0 Å². The lowest BCUT2D eigenvalue weighted by atomic mass is 10.1. The van der Waals surface area contributed by atoms with Gasteiger partial charge in [0.15, 0.2) is 15.6 Å². The normalized spacial score (nSPS) is 11.5. The Morgan fingerprint density at radius 3 is 2.65 bits per heavy atom. The van der Waals surface area contributed by atoms with E-state index in [4.69, 9.17) is 9.15 Å². The minimum absolute atomic E-state index is 0.00885. The second-order valence-corrected chi connectivity index (χ2v) is 9.17. The van der Waals surface area contributed by atoms with Crippen molar-refractivity contribution in [1.29, 1.82) is 0 Å². The largest absolute Gasteiger partial charge is 0.495 e. The third-order valence-electron chi connectivity index (χ3n) is 4.92. The standard InChI is InChI=1S/C22H22N4O4S/c1-4-31(27,28)17-8-9-20(29-3)18(11-17)25-22-24-13-21(30-22)16-7-5-6-15(10-16)19-12-23-14-26(19)2/h5-14H,4H2,1-3H3,(H,24,25). The maximum Gasteiger partial charge on any atom is 0.299 e. The molecule has 1 N–H and O–H groups in total. The number of anilines is 2. The molecular formula is C22H22N4O4S. The van der Waals surface area contributed by atoms with Crippen LogP contribution in [-0.4, -0.2) is 35.8 Å². The molecule has 0 aliphatic rings. The molecule has 2 aromatic heterocycles. The SMILES string of the molecule is CCS(=O)(=O)c1ccc(OC)c(Nc2ncc(-c3cccc(-c4cncn4C)c3)o2)c1. The predicted octanol–water partition coefficient (Wildman–Crippen LogP) is 4.29. The van der Waals surface area contributed by atoms with Crippen molar-refractivity contribution >= 4 is 21.5 Å². The molecule has 0 fully saturated rings. The van der Waals surface area contributed by atoms with Gasteiger partial charge in [0, 0.05) is 18.2 Å². The second-order valence-electron chi connectivity index (χ2n) is 6.89. The lowest BCUT2D eigenvalue weighted by Crippen LogP contribution is -2.05. The molecule has 160 valence electrons. The van der Waals surface area contributed by atoms with E-state index in [1.165, 1.54) is 19.2 Å². The van der Waals surface area contributed by atoms with Crippen molar-refractivity contribution in [3.63, 3.8) is 0 Å². The number of nitrogens with one attached hydrogen (secondary N) is 1. The number of hydrogen-bond donors (Lipinski definition) is 1. The molecule has 9 heteroatoms. The highest BCUT2D eigenvalue weighted by molar-refractivity contribution is 7.91. The maximum absolute atomic E-state index is 12.2. The number of oxazole rings is 1. The zero-order valence-electron chi connectivity index (χ0n) is 17.4. The molecule has 2 heterocycles. The average molecular weight is 439 g/mol. The molecular weight excluding hydrogens is 416 g/mol. The molecule has 0 aliphatic heterocycles. The fourth-order valence-electron chi connectivity index (χ4n) is 3.19. The minimum atomic E-state index is -3.36. The third kappa shape index (κ3) is 4.17. The van der Waals surface area contributed by atoms with E-state index in [1.54, 1.807) is 31.7 Å². The zero-order valence-corrected chi connectivity index (χ0v) is 18.2. The summed E-state index contributed by atoms with van der Waals surface area (Å²) in [6, 6.07) is 12.7. The summed E-state index contributed by atoms with van der Waals surface area (Å²) in [7, 11) is 0.0903. The smallest absolute Gasteiger partial charge is 0.299 e. The van der Waals surface area contributed by atoms with Crippen LogP contribution in [0.4, 0.5) is 11.7 Å². The van der Waals surface area contributed by atoms with Crippen LogP contribution < -0.4 is 10.1 Å². The van der Waals surface area contributed by atoms with Crippen molar-refractivity contribution in [3.05, 3.63) is 61.2 Å². The number of methoxy groups -OCH3 is 1. The van der Waals surface area contributed by atoms with Crippen LogP contribution in [0.1, 0.15) is 6.92 Å². The summed E-state index contributed by atoms with van der Waals surface area (Å²) in [5.41, 5.74) is 3.29. The van der Waals surface area contributed by atoms with Crippen molar-refractivity contribution < 1.29 is 17.6 Å². The number of imidazole rings is 1. The Bertz CT molecular complexity index is 1320. The Morgan fingerprint density at radius 2 is 1.94 bits per heavy atom. The van der Waals surface area contributed by atoms with Gasteiger partial charge in [-0.05, 0) is 24.3 Å². The molecule has 0 atom stereocenters. The van der Waals surface area contributed by atoms with Gasteiger partial charge in [-0.3, -0.25) is 0 Å². The lowest BCUT2D eigenvalue weighted by molar-refractivity contribution is 0.416. The summed E-state index contributed by atoms with van der Waals surface area (Å²) >= 11 is 0. The highest BCUT2D eigenvalue weighted by atomic mass is 32.2. The summed E-state index contributed by atoms with van der Waals surface area (Å²) < 4.78 is 37.6.